The first-order valence-corrected chi connectivity index (χ1v) is 7.09. The first-order chi connectivity index (χ1) is 9.01. The molecule has 1 heterocycles. The SMILES string of the molecule is COC(=O)C1CCN(C(=O)C2(C(N)=S)CCCC2)C1. The molecule has 0 bridgehead atoms. The Bertz CT molecular complexity index is 405. The first-order valence-electron chi connectivity index (χ1n) is 6.68. The van der Waals surface area contributed by atoms with Crippen molar-refractivity contribution in [1.82, 2.24) is 4.90 Å². The summed E-state index contributed by atoms with van der Waals surface area (Å²) >= 11 is 5.12. The highest BCUT2D eigenvalue weighted by Crippen LogP contribution is 2.41. The van der Waals surface area contributed by atoms with Gasteiger partial charge >= 0.3 is 5.97 Å². The highest BCUT2D eigenvalue weighted by atomic mass is 32.1. The summed E-state index contributed by atoms with van der Waals surface area (Å²) in [6.07, 6.45) is 4.10. The van der Waals surface area contributed by atoms with Crippen molar-refractivity contribution >= 4 is 29.1 Å². The number of nitrogens with zero attached hydrogens (tertiary/aromatic N) is 1. The number of carbonyl (C=O) groups excluding carboxylic acids is 2. The van der Waals surface area contributed by atoms with E-state index in [0.29, 0.717) is 24.5 Å². The zero-order valence-corrected chi connectivity index (χ0v) is 12.0. The number of hydrogen-bond donors (Lipinski definition) is 1. The third-order valence-electron chi connectivity index (χ3n) is 4.35. The van der Waals surface area contributed by atoms with Gasteiger partial charge < -0.3 is 15.4 Å². The normalized spacial score (nSPS) is 25.3. The van der Waals surface area contributed by atoms with Gasteiger partial charge in [0.2, 0.25) is 5.91 Å². The van der Waals surface area contributed by atoms with Crippen molar-refractivity contribution in [2.45, 2.75) is 32.1 Å². The van der Waals surface area contributed by atoms with Gasteiger partial charge in [-0.15, -0.1) is 0 Å². The first kappa shape index (κ1) is 14.2. The molecule has 2 rings (SSSR count). The molecule has 0 radical (unpaired) electrons. The number of methoxy groups -OCH3 is 1. The van der Waals surface area contributed by atoms with Gasteiger partial charge in [-0.1, -0.05) is 25.1 Å². The van der Waals surface area contributed by atoms with Crippen LogP contribution in [0.1, 0.15) is 32.1 Å². The van der Waals surface area contributed by atoms with Crippen molar-refractivity contribution < 1.29 is 14.3 Å². The van der Waals surface area contributed by atoms with Crippen LogP contribution < -0.4 is 5.73 Å². The summed E-state index contributed by atoms with van der Waals surface area (Å²) in [7, 11) is 1.38. The number of esters is 1. The molecule has 1 saturated heterocycles. The Morgan fingerprint density at radius 1 is 1.37 bits per heavy atom. The van der Waals surface area contributed by atoms with Gasteiger partial charge in [0, 0.05) is 13.1 Å². The second-order valence-corrected chi connectivity index (χ2v) is 5.85. The average molecular weight is 284 g/mol. The Hall–Kier alpha value is -1.17. The summed E-state index contributed by atoms with van der Waals surface area (Å²) in [5.74, 6) is -0.450. The van der Waals surface area contributed by atoms with E-state index in [-0.39, 0.29) is 17.8 Å². The second kappa shape index (κ2) is 5.45. The van der Waals surface area contributed by atoms with Gasteiger partial charge in [0.1, 0.15) is 0 Å². The van der Waals surface area contributed by atoms with Gasteiger partial charge in [-0.05, 0) is 19.3 Å². The number of likely N-dealkylation sites (tertiary alicyclic amines) is 1. The van der Waals surface area contributed by atoms with Crippen LogP contribution in [0.25, 0.3) is 0 Å². The molecule has 2 N–H and O–H groups in total. The molecule has 1 aliphatic heterocycles. The van der Waals surface area contributed by atoms with E-state index in [1.165, 1.54) is 7.11 Å². The standard InChI is InChI=1S/C13H20N2O3S/c1-18-10(16)9-4-7-15(8-9)12(17)13(11(14)19)5-2-3-6-13/h9H,2-8H2,1H3,(H2,14,19). The molecule has 0 aromatic heterocycles. The third-order valence-corrected chi connectivity index (χ3v) is 4.74. The number of nitrogens with two attached hydrogens (primary N) is 1. The number of rotatable bonds is 3. The number of hydrogen-bond acceptors (Lipinski definition) is 4. The molecule has 106 valence electrons. The van der Waals surface area contributed by atoms with Crippen molar-refractivity contribution in [2.24, 2.45) is 17.1 Å². The molecular formula is C13H20N2O3S. The molecule has 1 amide bonds. The molecule has 19 heavy (non-hydrogen) atoms. The van der Waals surface area contributed by atoms with Gasteiger partial charge in [0.05, 0.1) is 23.4 Å². The van der Waals surface area contributed by atoms with Crippen molar-refractivity contribution in [3.63, 3.8) is 0 Å². The molecule has 2 fully saturated rings. The Kier molecular flexibility index (Phi) is 4.08. The molecule has 0 aromatic carbocycles. The molecule has 1 saturated carbocycles. The van der Waals surface area contributed by atoms with E-state index >= 15 is 0 Å². The summed E-state index contributed by atoms with van der Waals surface area (Å²) in [6.45, 7) is 1.01. The Morgan fingerprint density at radius 2 is 2.00 bits per heavy atom. The Labute approximate surface area is 118 Å². The van der Waals surface area contributed by atoms with E-state index in [4.69, 9.17) is 22.7 Å². The van der Waals surface area contributed by atoms with Crippen LogP contribution in [0, 0.1) is 11.3 Å². The van der Waals surface area contributed by atoms with Gasteiger partial charge in [-0.2, -0.15) is 0 Å². The highest BCUT2D eigenvalue weighted by Gasteiger charge is 2.47. The lowest BCUT2D eigenvalue weighted by Crippen LogP contribution is -2.48. The van der Waals surface area contributed by atoms with E-state index in [0.717, 1.165) is 25.7 Å². The molecule has 5 nitrogen and oxygen atoms in total. The fourth-order valence-electron chi connectivity index (χ4n) is 3.15. The number of amides is 1. The van der Waals surface area contributed by atoms with Crippen molar-refractivity contribution in [3.05, 3.63) is 0 Å². The van der Waals surface area contributed by atoms with Crippen molar-refractivity contribution in [2.75, 3.05) is 20.2 Å². The van der Waals surface area contributed by atoms with Crippen LogP contribution in [-0.2, 0) is 14.3 Å². The van der Waals surface area contributed by atoms with Crippen LogP contribution in [0.4, 0.5) is 0 Å². The second-order valence-electron chi connectivity index (χ2n) is 5.41. The Morgan fingerprint density at radius 3 is 2.53 bits per heavy atom. The van der Waals surface area contributed by atoms with E-state index < -0.39 is 5.41 Å². The molecular weight excluding hydrogens is 264 g/mol. The number of thiocarbonyl (C=S) groups is 1. The fraction of sp³-hybridized carbons (Fsp3) is 0.769. The third kappa shape index (κ3) is 2.45. The Balaban J connectivity index is 2.08. The largest absolute Gasteiger partial charge is 0.469 e. The van der Waals surface area contributed by atoms with Crippen LogP contribution >= 0.6 is 12.2 Å². The maximum absolute atomic E-state index is 12.7. The lowest BCUT2D eigenvalue weighted by Gasteiger charge is -2.31. The lowest BCUT2D eigenvalue weighted by atomic mass is 9.84. The molecule has 2 aliphatic rings. The summed E-state index contributed by atoms with van der Waals surface area (Å²) in [5, 5.41) is 0. The van der Waals surface area contributed by atoms with Crippen molar-refractivity contribution in [1.29, 1.82) is 0 Å². The number of carbonyl (C=O) groups is 2. The lowest BCUT2D eigenvalue weighted by molar-refractivity contribution is -0.145. The van der Waals surface area contributed by atoms with Crippen molar-refractivity contribution in [3.8, 4) is 0 Å². The van der Waals surface area contributed by atoms with Crippen LogP contribution in [0.5, 0.6) is 0 Å². The minimum absolute atomic E-state index is 0.00361. The molecule has 0 aromatic rings. The molecule has 1 aliphatic carbocycles. The molecule has 1 unspecified atom stereocenters. The van der Waals surface area contributed by atoms with E-state index in [2.05, 4.69) is 0 Å². The van der Waals surface area contributed by atoms with Crippen LogP contribution in [0.2, 0.25) is 0 Å². The molecule has 6 heteroatoms. The average Bonchev–Trinajstić information content (AvgIpc) is 3.06. The predicted molar refractivity (Wildman–Crippen MR) is 74.4 cm³/mol. The smallest absolute Gasteiger partial charge is 0.310 e. The summed E-state index contributed by atoms with van der Waals surface area (Å²) in [5.41, 5.74) is 5.15. The maximum atomic E-state index is 12.7. The van der Waals surface area contributed by atoms with Crippen LogP contribution in [-0.4, -0.2) is 42.0 Å². The zero-order valence-electron chi connectivity index (χ0n) is 11.2. The van der Waals surface area contributed by atoms with Crippen LogP contribution in [0.15, 0.2) is 0 Å². The predicted octanol–water partition coefficient (Wildman–Crippen LogP) is 0.854. The van der Waals surface area contributed by atoms with Gasteiger partial charge in [0.25, 0.3) is 0 Å². The zero-order chi connectivity index (χ0) is 14.0. The van der Waals surface area contributed by atoms with Gasteiger partial charge in [-0.25, -0.2) is 0 Å². The number of ether oxygens (including phenoxy) is 1. The monoisotopic (exact) mass is 284 g/mol. The van der Waals surface area contributed by atoms with E-state index in [1.807, 2.05) is 0 Å². The highest BCUT2D eigenvalue weighted by molar-refractivity contribution is 7.80. The summed E-state index contributed by atoms with van der Waals surface area (Å²) < 4.78 is 4.73. The summed E-state index contributed by atoms with van der Waals surface area (Å²) in [4.78, 5) is 26.2. The van der Waals surface area contributed by atoms with E-state index in [9.17, 15) is 9.59 Å². The van der Waals surface area contributed by atoms with E-state index in [1.54, 1.807) is 4.90 Å². The van der Waals surface area contributed by atoms with Gasteiger partial charge in [0.15, 0.2) is 0 Å². The maximum Gasteiger partial charge on any atom is 0.310 e. The summed E-state index contributed by atoms with van der Waals surface area (Å²) in [6, 6.07) is 0. The minimum Gasteiger partial charge on any atom is -0.469 e. The fourth-order valence-corrected chi connectivity index (χ4v) is 3.44. The topological polar surface area (TPSA) is 72.6 Å². The molecule has 1 atom stereocenters. The van der Waals surface area contributed by atoms with Crippen LogP contribution in [0.3, 0.4) is 0 Å². The molecule has 0 spiro atoms. The minimum atomic E-state index is -0.666. The van der Waals surface area contributed by atoms with Gasteiger partial charge in [-0.3, -0.25) is 9.59 Å². The quantitative estimate of drug-likeness (QED) is 0.614.